The molecule has 5 rings (SSSR count). The molecule has 0 saturated carbocycles. The van der Waals surface area contributed by atoms with Gasteiger partial charge < -0.3 is 0 Å². The molecule has 0 amide bonds. The molecule has 0 fully saturated rings. The monoisotopic (exact) mass is 525 g/mol. The molecule has 39 heavy (non-hydrogen) atoms. The average Bonchev–Trinajstić information content (AvgIpc) is 3.11. The Kier molecular flexibility index (Phi) is 5.20. The van der Waals surface area contributed by atoms with Crippen LogP contribution in [0, 0.1) is 13.8 Å². The highest BCUT2D eigenvalue weighted by atomic mass is 14.9. The fourth-order valence-electron chi connectivity index (χ4n) is 8.52. The number of pyridine rings is 1. The van der Waals surface area contributed by atoms with Gasteiger partial charge in [-0.25, -0.2) is 4.57 Å². The van der Waals surface area contributed by atoms with Crippen LogP contribution in [0.4, 0.5) is 0 Å². The van der Waals surface area contributed by atoms with E-state index in [9.17, 15) is 0 Å². The highest BCUT2D eigenvalue weighted by Gasteiger charge is 2.50. The van der Waals surface area contributed by atoms with E-state index in [-0.39, 0.29) is 27.1 Å². The minimum Gasteiger partial charge on any atom is -0.201 e. The Balaban J connectivity index is 1.95. The Morgan fingerprint density at radius 2 is 1.26 bits per heavy atom. The van der Waals surface area contributed by atoms with Crippen molar-refractivity contribution >= 4 is 0 Å². The molecule has 0 N–H and O–H groups in total. The van der Waals surface area contributed by atoms with E-state index in [2.05, 4.69) is 125 Å². The second-order valence-electron chi connectivity index (χ2n) is 16.4. The van der Waals surface area contributed by atoms with Crippen LogP contribution in [-0.2, 0) is 34.1 Å². The molecule has 0 bridgehead atoms. The van der Waals surface area contributed by atoms with Crippen molar-refractivity contribution in [1.82, 2.24) is 0 Å². The van der Waals surface area contributed by atoms with Gasteiger partial charge in [-0.15, -0.1) is 0 Å². The maximum absolute atomic E-state index is 8.75. The number of hydrogen-bond acceptors (Lipinski definition) is 0. The van der Waals surface area contributed by atoms with Crippen molar-refractivity contribution in [2.24, 2.45) is 7.05 Å². The van der Waals surface area contributed by atoms with Gasteiger partial charge in [0.15, 0.2) is 6.20 Å². The van der Waals surface area contributed by atoms with Crippen molar-refractivity contribution in [3.8, 4) is 22.4 Å². The Morgan fingerprint density at radius 3 is 1.72 bits per heavy atom. The number of rotatable bonds is 2. The topological polar surface area (TPSA) is 3.88 Å². The summed E-state index contributed by atoms with van der Waals surface area (Å²) in [5.74, 6) is 0. The molecule has 0 unspecified atom stereocenters. The molecule has 2 aliphatic rings. The summed E-state index contributed by atoms with van der Waals surface area (Å²) in [7, 11) is 2.11. The molecular weight excluding hydrogens is 470 g/mol. The molecule has 0 aliphatic heterocycles. The van der Waals surface area contributed by atoms with E-state index in [0.29, 0.717) is 5.56 Å². The lowest BCUT2D eigenvalue weighted by atomic mass is 9.73. The van der Waals surface area contributed by atoms with Gasteiger partial charge in [-0.1, -0.05) is 88.3 Å². The minimum absolute atomic E-state index is 0.00826. The van der Waals surface area contributed by atoms with Crippen LogP contribution in [0.2, 0.25) is 0 Å². The number of aryl methyl sites for hydroxylation is 3. The summed E-state index contributed by atoms with van der Waals surface area (Å²) in [4.78, 5) is 0. The summed E-state index contributed by atoms with van der Waals surface area (Å²) in [5, 5.41) is 0. The van der Waals surface area contributed by atoms with Gasteiger partial charge in [0, 0.05) is 21.3 Å². The zero-order valence-electron chi connectivity index (χ0n) is 29.8. The number of benzene rings is 2. The number of fused-ring (bicyclic) bond motifs is 2. The largest absolute Gasteiger partial charge is 0.212 e. The molecule has 3 aromatic rings. The van der Waals surface area contributed by atoms with E-state index in [4.69, 9.17) is 4.11 Å². The molecule has 0 saturated heterocycles. The third kappa shape index (κ3) is 4.30. The predicted molar refractivity (Wildman–Crippen MR) is 168 cm³/mol. The van der Waals surface area contributed by atoms with Gasteiger partial charge in [-0.05, 0) is 110 Å². The van der Waals surface area contributed by atoms with Crippen LogP contribution in [0.15, 0.2) is 36.5 Å². The second-order valence-corrected chi connectivity index (χ2v) is 16.4. The first-order valence-corrected chi connectivity index (χ1v) is 14.8. The molecule has 2 aliphatic carbocycles. The summed E-state index contributed by atoms with van der Waals surface area (Å²) in [6, 6.07) is 11.1. The summed E-state index contributed by atoms with van der Waals surface area (Å²) in [5.41, 5.74) is 12.4. The van der Waals surface area contributed by atoms with Gasteiger partial charge in [0.1, 0.15) is 7.05 Å². The molecular formula is C38H52N+. The van der Waals surface area contributed by atoms with Gasteiger partial charge in [0.25, 0.3) is 0 Å². The fourth-order valence-corrected chi connectivity index (χ4v) is 8.52. The Labute approximate surface area is 243 Å². The maximum Gasteiger partial charge on any atom is 0.212 e. The average molecular weight is 526 g/mol. The first-order valence-electron chi connectivity index (χ1n) is 16.3. The lowest BCUT2D eigenvalue weighted by Crippen LogP contribution is -2.33. The lowest BCUT2D eigenvalue weighted by molar-refractivity contribution is -0.661. The lowest BCUT2D eigenvalue weighted by Gasteiger charge is -2.31. The Bertz CT molecular complexity index is 1550. The molecule has 0 atom stereocenters. The van der Waals surface area contributed by atoms with E-state index >= 15 is 0 Å². The van der Waals surface area contributed by atoms with Crippen LogP contribution in [0.1, 0.15) is 132 Å². The Hall–Kier alpha value is -2.41. The molecule has 1 aromatic heterocycles. The zero-order chi connectivity index (χ0) is 31.6. The first kappa shape index (κ1) is 24.4. The van der Waals surface area contributed by atoms with E-state index in [1.807, 2.05) is 6.07 Å². The third-order valence-corrected chi connectivity index (χ3v) is 9.82. The van der Waals surface area contributed by atoms with Crippen molar-refractivity contribution in [2.75, 3.05) is 0 Å². The quantitative estimate of drug-likeness (QED) is 0.293. The smallest absolute Gasteiger partial charge is 0.201 e. The van der Waals surface area contributed by atoms with Crippen molar-refractivity contribution in [3.63, 3.8) is 0 Å². The third-order valence-electron chi connectivity index (χ3n) is 9.82. The highest BCUT2D eigenvalue weighted by Crippen LogP contribution is 2.61. The SMILES string of the molecule is [2H]C([2H])([2H])c1cc(C)c(-c2ccc(C(C)(C)C)c[n+]2C)cc1-c1c2c(cc3c1C(C)(C)CC3(C)C)C(C)(C)CC2(C)C. The van der Waals surface area contributed by atoms with Crippen LogP contribution in [-0.4, -0.2) is 0 Å². The number of aromatic nitrogens is 1. The van der Waals surface area contributed by atoms with Crippen LogP contribution < -0.4 is 4.57 Å². The standard InChI is InChI=1S/C38H52N/c1-23-17-24(2)27(18-26(23)30-16-15-25(20-39(30)14)34(3,4)5)31-32-28(35(6,7)21-37(32,10)11)19-29-33(31)38(12,13)22-36(29,8)9/h15-20H,21-22H2,1-14H3/q+1/i2D3. The fraction of sp³-hybridized carbons (Fsp3) is 0.553. The van der Waals surface area contributed by atoms with E-state index in [0.717, 1.165) is 35.2 Å². The van der Waals surface area contributed by atoms with E-state index in [1.165, 1.54) is 33.4 Å². The van der Waals surface area contributed by atoms with Crippen molar-refractivity contribution < 1.29 is 8.68 Å². The highest BCUT2D eigenvalue weighted by molar-refractivity contribution is 5.85. The van der Waals surface area contributed by atoms with Crippen LogP contribution in [0.3, 0.4) is 0 Å². The first-order chi connectivity index (χ1) is 18.9. The minimum atomic E-state index is -2.23. The summed E-state index contributed by atoms with van der Waals surface area (Å²) in [6.07, 6.45) is 4.30. The molecule has 0 radical (unpaired) electrons. The Morgan fingerprint density at radius 1 is 0.718 bits per heavy atom. The molecule has 208 valence electrons. The molecule has 1 heteroatoms. The van der Waals surface area contributed by atoms with Crippen molar-refractivity contribution in [2.45, 2.75) is 130 Å². The van der Waals surface area contributed by atoms with Crippen molar-refractivity contribution in [3.05, 3.63) is 75.5 Å². The van der Waals surface area contributed by atoms with E-state index < -0.39 is 6.85 Å². The number of hydrogen-bond donors (Lipinski definition) is 0. The normalized spacial score (nSPS) is 21.6. The molecule has 1 nitrogen and oxygen atoms in total. The second kappa shape index (κ2) is 8.31. The predicted octanol–water partition coefficient (Wildman–Crippen LogP) is 9.68. The van der Waals surface area contributed by atoms with Crippen LogP contribution in [0.25, 0.3) is 22.4 Å². The summed E-state index contributed by atoms with van der Waals surface area (Å²) >= 11 is 0. The van der Waals surface area contributed by atoms with Crippen LogP contribution in [0.5, 0.6) is 0 Å². The number of nitrogens with zero attached hydrogens (tertiary/aromatic N) is 1. The van der Waals surface area contributed by atoms with Gasteiger partial charge in [-0.3, -0.25) is 0 Å². The van der Waals surface area contributed by atoms with Gasteiger partial charge >= 0.3 is 0 Å². The van der Waals surface area contributed by atoms with Gasteiger partial charge in [-0.2, -0.15) is 0 Å². The van der Waals surface area contributed by atoms with Gasteiger partial charge in [0.2, 0.25) is 5.69 Å². The van der Waals surface area contributed by atoms with Crippen molar-refractivity contribution in [1.29, 1.82) is 0 Å². The van der Waals surface area contributed by atoms with Crippen LogP contribution >= 0.6 is 0 Å². The molecule has 1 heterocycles. The zero-order valence-corrected chi connectivity index (χ0v) is 26.8. The summed E-state index contributed by atoms with van der Waals surface area (Å²) < 4.78 is 28.5. The molecule has 2 aromatic carbocycles. The maximum atomic E-state index is 8.75. The van der Waals surface area contributed by atoms with E-state index in [1.54, 1.807) is 0 Å². The molecule has 0 spiro atoms. The summed E-state index contributed by atoms with van der Waals surface area (Å²) in [6.45, 7) is 25.4. The van der Waals surface area contributed by atoms with Gasteiger partial charge in [0.05, 0.1) is 0 Å².